The summed E-state index contributed by atoms with van der Waals surface area (Å²) in [5.41, 5.74) is 2.05. The molecule has 0 aliphatic carbocycles. The molecule has 0 aliphatic heterocycles. The standard InChI is InChI=1S/C16H15N3O3S/c1-3-11-4-6-12(7-5-11)15(21)22-9-13-18-19-14(20)8-10(2)17-16(19)23-13/h4-8H,3,9H2,1-2H3. The fourth-order valence-corrected chi connectivity index (χ4v) is 2.96. The van der Waals surface area contributed by atoms with Crippen LogP contribution in [0.2, 0.25) is 0 Å². The lowest BCUT2D eigenvalue weighted by atomic mass is 10.1. The molecule has 3 aromatic rings. The number of rotatable bonds is 4. The fraction of sp³-hybridized carbons (Fsp3) is 0.250. The Labute approximate surface area is 136 Å². The molecular weight excluding hydrogens is 314 g/mol. The van der Waals surface area contributed by atoms with Gasteiger partial charge in [0.15, 0.2) is 5.01 Å². The van der Waals surface area contributed by atoms with Gasteiger partial charge in [0.1, 0.15) is 6.61 Å². The van der Waals surface area contributed by atoms with Crippen LogP contribution >= 0.6 is 11.3 Å². The van der Waals surface area contributed by atoms with Gasteiger partial charge in [-0.15, -0.1) is 0 Å². The maximum atomic E-state index is 12.0. The first kappa shape index (κ1) is 15.4. The zero-order valence-corrected chi connectivity index (χ0v) is 13.6. The van der Waals surface area contributed by atoms with Crippen LogP contribution in [-0.4, -0.2) is 20.6 Å². The van der Waals surface area contributed by atoms with Crippen molar-refractivity contribution in [2.45, 2.75) is 26.9 Å². The smallest absolute Gasteiger partial charge is 0.338 e. The number of aryl methyl sites for hydroxylation is 2. The highest BCUT2D eigenvalue weighted by Crippen LogP contribution is 2.14. The van der Waals surface area contributed by atoms with Crippen LogP contribution in [0.25, 0.3) is 4.96 Å². The van der Waals surface area contributed by atoms with Crippen molar-refractivity contribution in [1.82, 2.24) is 14.6 Å². The second kappa shape index (κ2) is 6.29. The first-order valence-electron chi connectivity index (χ1n) is 7.19. The summed E-state index contributed by atoms with van der Waals surface area (Å²) in [7, 11) is 0. The molecule has 2 aromatic heterocycles. The van der Waals surface area contributed by atoms with Gasteiger partial charge in [-0.2, -0.15) is 9.61 Å². The van der Waals surface area contributed by atoms with Crippen LogP contribution in [0, 0.1) is 6.92 Å². The van der Waals surface area contributed by atoms with Crippen molar-refractivity contribution in [1.29, 1.82) is 0 Å². The molecule has 0 spiro atoms. The zero-order chi connectivity index (χ0) is 16.4. The molecule has 0 unspecified atom stereocenters. The normalized spacial score (nSPS) is 10.9. The molecule has 7 heteroatoms. The summed E-state index contributed by atoms with van der Waals surface area (Å²) >= 11 is 1.23. The molecule has 1 aromatic carbocycles. The molecule has 0 fully saturated rings. The maximum Gasteiger partial charge on any atom is 0.338 e. The molecule has 0 N–H and O–H groups in total. The van der Waals surface area contributed by atoms with Crippen LogP contribution < -0.4 is 5.56 Å². The lowest BCUT2D eigenvalue weighted by Crippen LogP contribution is -2.14. The Morgan fingerprint density at radius 1 is 1.30 bits per heavy atom. The van der Waals surface area contributed by atoms with E-state index >= 15 is 0 Å². The molecule has 3 rings (SSSR count). The number of benzene rings is 1. The highest BCUT2D eigenvalue weighted by Gasteiger charge is 2.11. The Hall–Kier alpha value is -2.54. The van der Waals surface area contributed by atoms with Crippen molar-refractivity contribution in [2.75, 3.05) is 0 Å². The van der Waals surface area contributed by atoms with E-state index in [1.54, 1.807) is 19.1 Å². The summed E-state index contributed by atoms with van der Waals surface area (Å²) in [6.45, 7) is 3.82. The minimum absolute atomic E-state index is 0.0148. The van der Waals surface area contributed by atoms with Gasteiger partial charge in [0, 0.05) is 11.8 Å². The summed E-state index contributed by atoms with van der Waals surface area (Å²) in [6.07, 6.45) is 0.919. The van der Waals surface area contributed by atoms with E-state index in [1.165, 1.54) is 21.9 Å². The van der Waals surface area contributed by atoms with Gasteiger partial charge in [0.2, 0.25) is 4.96 Å². The molecule has 23 heavy (non-hydrogen) atoms. The van der Waals surface area contributed by atoms with Crippen LogP contribution in [0.5, 0.6) is 0 Å². The van der Waals surface area contributed by atoms with E-state index in [9.17, 15) is 9.59 Å². The third-order valence-electron chi connectivity index (χ3n) is 3.34. The topological polar surface area (TPSA) is 73.6 Å². The first-order valence-corrected chi connectivity index (χ1v) is 8.01. The van der Waals surface area contributed by atoms with E-state index in [-0.39, 0.29) is 12.2 Å². The number of hydrogen-bond acceptors (Lipinski definition) is 6. The number of esters is 1. The largest absolute Gasteiger partial charge is 0.455 e. The highest BCUT2D eigenvalue weighted by atomic mass is 32.1. The molecule has 0 atom stereocenters. The minimum Gasteiger partial charge on any atom is -0.455 e. The van der Waals surface area contributed by atoms with Crippen LogP contribution in [0.3, 0.4) is 0 Å². The predicted octanol–water partition coefficient (Wildman–Crippen LogP) is 2.38. The third-order valence-corrected chi connectivity index (χ3v) is 4.22. The van der Waals surface area contributed by atoms with Crippen LogP contribution in [0.4, 0.5) is 0 Å². The van der Waals surface area contributed by atoms with Gasteiger partial charge in [-0.25, -0.2) is 9.78 Å². The third kappa shape index (κ3) is 3.29. The van der Waals surface area contributed by atoms with Crippen LogP contribution in [0.1, 0.15) is 33.5 Å². The maximum absolute atomic E-state index is 12.0. The fourth-order valence-electron chi connectivity index (χ4n) is 2.11. The minimum atomic E-state index is -0.414. The van der Waals surface area contributed by atoms with Crippen LogP contribution in [-0.2, 0) is 17.8 Å². The Morgan fingerprint density at radius 3 is 2.74 bits per heavy atom. The Kier molecular flexibility index (Phi) is 4.20. The van der Waals surface area contributed by atoms with Gasteiger partial charge in [0.25, 0.3) is 5.56 Å². The SMILES string of the molecule is CCc1ccc(C(=O)OCc2nn3c(=O)cc(C)nc3s2)cc1. The van der Waals surface area contributed by atoms with Crippen molar-refractivity contribution < 1.29 is 9.53 Å². The number of hydrogen-bond donors (Lipinski definition) is 0. The molecule has 0 amide bonds. The molecule has 0 saturated carbocycles. The molecule has 2 heterocycles. The van der Waals surface area contributed by atoms with Gasteiger partial charge in [0.05, 0.1) is 5.56 Å². The summed E-state index contributed by atoms with van der Waals surface area (Å²) in [4.78, 5) is 28.6. The van der Waals surface area contributed by atoms with Gasteiger partial charge in [-0.05, 0) is 31.0 Å². The first-order chi connectivity index (χ1) is 11.1. The molecule has 0 saturated heterocycles. The van der Waals surface area contributed by atoms with Crippen molar-refractivity contribution >= 4 is 22.3 Å². The zero-order valence-electron chi connectivity index (χ0n) is 12.8. The van der Waals surface area contributed by atoms with Crippen molar-refractivity contribution in [3.05, 3.63) is 62.5 Å². The van der Waals surface area contributed by atoms with Gasteiger partial charge >= 0.3 is 5.97 Å². The number of aromatic nitrogens is 3. The van der Waals surface area contributed by atoms with Crippen molar-refractivity contribution in [2.24, 2.45) is 0 Å². The Balaban J connectivity index is 1.73. The number of fused-ring (bicyclic) bond motifs is 1. The molecule has 0 aliphatic rings. The average molecular weight is 329 g/mol. The quantitative estimate of drug-likeness (QED) is 0.687. The van der Waals surface area contributed by atoms with Gasteiger partial charge in [-0.1, -0.05) is 30.4 Å². The molecule has 6 nitrogen and oxygen atoms in total. The second-order valence-electron chi connectivity index (χ2n) is 5.05. The van der Waals surface area contributed by atoms with Gasteiger partial charge < -0.3 is 4.74 Å². The molecule has 0 radical (unpaired) electrons. The summed E-state index contributed by atoms with van der Waals surface area (Å²) in [6, 6.07) is 8.71. The summed E-state index contributed by atoms with van der Waals surface area (Å²) < 4.78 is 6.47. The summed E-state index contributed by atoms with van der Waals surface area (Å²) in [5, 5.41) is 4.66. The van der Waals surface area contributed by atoms with E-state index in [0.29, 0.717) is 21.2 Å². The van der Waals surface area contributed by atoms with E-state index in [4.69, 9.17) is 4.74 Å². The average Bonchev–Trinajstić information content (AvgIpc) is 2.96. The van der Waals surface area contributed by atoms with E-state index in [0.717, 1.165) is 12.0 Å². The molecule has 118 valence electrons. The number of nitrogens with zero attached hydrogens (tertiary/aromatic N) is 3. The Morgan fingerprint density at radius 2 is 2.04 bits per heavy atom. The van der Waals surface area contributed by atoms with E-state index in [1.807, 2.05) is 12.1 Å². The number of ether oxygens (including phenoxy) is 1. The highest BCUT2D eigenvalue weighted by molar-refractivity contribution is 7.16. The van der Waals surface area contributed by atoms with Crippen LogP contribution in [0.15, 0.2) is 35.1 Å². The Bertz CT molecular complexity index is 912. The second-order valence-corrected chi connectivity index (χ2v) is 6.09. The van der Waals surface area contributed by atoms with E-state index < -0.39 is 5.97 Å². The van der Waals surface area contributed by atoms with Gasteiger partial charge in [-0.3, -0.25) is 4.79 Å². The monoisotopic (exact) mass is 329 g/mol. The molecule has 0 bridgehead atoms. The lowest BCUT2D eigenvalue weighted by Gasteiger charge is -2.03. The number of carbonyl (C=O) groups excluding carboxylic acids is 1. The van der Waals surface area contributed by atoms with Crippen molar-refractivity contribution in [3.8, 4) is 0 Å². The molecular formula is C16H15N3O3S. The predicted molar refractivity (Wildman–Crippen MR) is 86.8 cm³/mol. The van der Waals surface area contributed by atoms with Crippen molar-refractivity contribution in [3.63, 3.8) is 0 Å². The van der Waals surface area contributed by atoms with E-state index in [2.05, 4.69) is 17.0 Å². The number of carbonyl (C=O) groups is 1. The summed E-state index contributed by atoms with van der Waals surface area (Å²) in [5.74, 6) is -0.414. The lowest BCUT2D eigenvalue weighted by molar-refractivity contribution is 0.0471.